The second-order valence-corrected chi connectivity index (χ2v) is 10.3. The highest BCUT2D eigenvalue weighted by atomic mass is 19.3. The van der Waals surface area contributed by atoms with E-state index in [2.05, 4.69) is 14.8 Å². The number of carbonyl (C=O) groups excluding carboxylic acids is 3. The van der Waals surface area contributed by atoms with Crippen LogP contribution in [-0.4, -0.2) is 41.4 Å². The van der Waals surface area contributed by atoms with Gasteiger partial charge in [-0.1, -0.05) is 30.3 Å². The van der Waals surface area contributed by atoms with Crippen LogP contribution in [0.3, 0.4) is 0 Å². The number of nitrogens with one attached hydrogen (secondary N) is 1. The zero-order chi connectivity index (χ0) is 31.6. The number of ketones is 2. The van der Waals surface area contributed by atoms with Gasteiger partial charge in [0.15, 0.2) is 11.6 Å². The number of carboxylic acid groups (broad SMARTS) is 1. The Labute approximate surface area is 248 Å². The minimum Gasteiger partial charge on any atom is -0.481 e. The highest BCUT2D eigenvalue weighted by Crippen LogP contribution is 2.46. The van der Waals surface area contributed by atoms with Gasteiger partial charge in [0.05, 0.1) is 12.0 Å². The summed E-state index contributed by atoms with van der Waals surface area (Å²) in [5, 5.41) is 11.2. The summed E-state index contributed by atoms with van der Waals surface area (Å²) in [6.07, 6.45) is -4.68. The Morgan fingerprint density at radius 2 is 1.45 bits per heavy atom. The van der Waals surface area contributed by atoms with Crippen LogP contribution >= 0.6 is 0 Å². The number of hydrogen-bond acceptors (Lipinski definition) is 6. The maximum absolute atomic E-state index is 14.3. The van der Waals surface area contributed by atoms with Crippen molar-refractivity contribution in [2.75, 3.05) is 6.54 Å². The number of carbonyl (C=O) groups is 4. The molecule has 1 amide bonds. The Morgan fingerprint density at radius 3 is 2.16 bits per heavy atom. The van der Waals surface area contributed by atoms with Crippen LogP contribution in [0.15, 0.2) is 66.7 Å². The van der Waals surface area contributed by atoms with Crippen LogP contribution in [0.25, 0.3) is 5.57 Å². The van der Waals surface area contributed by atoms with Gasteiger partial charge in [-0.3, -0.25) is 19.2 Å². The van der Waals surface area contributed by atoms with Gasteiger partial charge in [0, 0.05) is 28.8 Å². The fraction of sp³-hybridized carbons (Fsp3) is 0.250. The highest BCUT2D eigenvalue weighted by molar-refractivity contribution is 6.32. The lowest BCUT2D eigenvalue weighted by molar-refractivity contribution is -0.461. The van der Waals surface area contributed by atoms with Gasteiger partial charge in [-0.05, 0) is 78.8 Å². The van der Waals surface area contributed by atoms with Gasteiger partial charge < -0.3 is 15.2 Å². The van der Waals surface area contributed by atoms with Gasteiger partial charge in [0.25, 0.3) is 5.91 Å². The smallest absolute Gasteiger partial charge is 0.481 e. The first-order chi connectivity index (χ1) is 20.8. The molecule has 2 N–H and O–H groups in total. The quantitative estimate of drug-likeness (QED) is 0.175. The average molecular weight is 612 g/mol. The second kappa shape index (κ2) is 12.0. The molecule has 1 heterocycles. The van der Waals surface area contributed by atoms with Gasteiger partial charge in [-0.15, -0.1) is 8.78 Å². The van der Waals surface area contributed by atoms with Crippen molar-refractivity contribution < 1.29 is 51.3 Å². The molecule has 1 aliphatic carbocycles. The number of alkyl halides is 4. The Morgan fingerprint density at radius 1 is 0.818 bits per heavy atom. The van der Waals surface area contributed by atoms with Crippen LogP contribution in [0.5, 0.6) is 5.75 Å². The molecule has 2 aliphatic rings. The molecular weight excluding hydrogens is 586 g/mol. The third kappa shape index (κ3) is 6.70. The van der Waals surface area contributed by atoms with Crippen LogP contribution in [0, 0.1) is 0 Å². The van der Waals surface area contributed by atoms with E-state index in [-0.39, 0.29) is 35.2 Å². The minimum absolute atomic E-state index is 0.0504. The molecule has 0 saturated heterocycles. The molecule has 5 rings (SSSR count). The van der Waals surface area contributed by atoms with E-state index in [1.807, 2.05) is 6.07 Å². The van der Waals surface area contributed by atoms with E-state index < -0.39 is 47.2 Å². The molecule has 0 radical (unpaired) electrons. The number of amides is 1. The molecule has 3 aromatic rings. The van der Waals surface area contributed by atoms with Crippen molar-refractivity contribution in [1.82, 2.24) is 5.32 Å². The number of rotatable bonds is 9. The molecule has 228 valence electrons. The van der Waals surface area contributed by atoms with Gasteiger partial charge >= 0.3 is 18.4 Å². The van der Waals surface area contributed by atoms with Crippen molar-refractivity contribution in [2.45, 2.75) is 44.5 Å². The van der Waals surface area contributed by atoms with E-state index in [0.29, 0.717) is 11.6 Å². The monoisotopic (exact) mass is 611 g/mol. The number of aryl methyl sites for hydroxylation is 2. The summed E-state index contributed by atoms with van der Waals surface area (Å²) in [6.45, 7) is -0.0858. The summed E-state index contributed by atoms with van der Waals surface area (Å²) in [4.78, 5) is 50.2. The number of fused-ring (bicyclic) bond motifs is 2. The molecule has 0 bridgehead atoms. The van der Waals surface area contributed by atoms with Gasteiger partial charge in [-0.2, -0.15) is 8.78 Å². The number of hydrogen-bond donors (Lipinski definition) is 2. The fourth-order valence-electron chi connectivity index (χ4n) is 5.06. The van der Waals surface area contributed by atoms with Gasteiger partial charge in [-0.25, -0.2) is 4.74 Å². The van der Waals surface area contributed by atoms with Crippen molar-refractivity contribution in [3.05, 3.63) is 106 Å². The Balaban J connectivity index is 1.48. The molecule has 0 fully saturated rings. The number of ether oxygens (including phenoxy) is 2. The summed E-state index contributed by atoms with van der Waals surface area (Å²) < 4.78 is 63.2. The summed E-state index contributed by atoms with van der Waals surface area (Å²) in [5.41, 5.74) is 1.39. The number of Topliss-reactive ketones (excluding diaryl/α,β-unsaturated/α-hetero) is 1. The van der Waals surface area contributed by atoms with Gasteiger partial charge in [0.2, 0.25) is 0 Å². The predicted octanol–water partition coefficient (Wildman–Crippen LogP) is 5.93. The first-order valence-corrected chi connectivity index (χ1v) is 13.7. The van der Waals surface area contributed by atoms with E-state index in [9.17, 15) is 36.7 Å². The van der Waals surface area contributed by atoms with Crippen LogP contribution in [0.2, 0.25) is 0 Å². The molecule has 1 aliphatic heterocycles. The van der Waals surface area contributed by atoms with E-state index in [1.165, 1.54) is 24.3 Å². The largest absolute Gasteiger partial charge is 0.540 e. The lowest BCUT2D eigenvalue weighted by Crippen LogP contribution is -2.41. The Hall–Kier alpha value is -4.84. The molecule has 0 atom stereocenters. The number of carboxylic acids is 1. The van der Waals surface area contributed by atoms with Crippen molar-refractivity contribution in [3.8, 4) is 5.75 Å². The molecule has 0 spiro atoms. The first kappa shape index (κ1) is 30.6. The molecule has 0 saturated carbocycles. The molecule has 12 heteroatoms. The molecular formula is C32H25F4NO7. The van der Waals surface area contributed by atoms with E-state index in [1.54, 1.807) is 12.1 Å². The van der Waals surface area contributed by atoms with E-state index >= 15 is 0 Å². The maximum atomic E-state index is 14.3. The summed E-state index contributed by atoms with van der Waals surface area (Å²) in [5.74, 6) is -3.92. The SMILES string of the molecule is O=C(O)CCNC(=O)c1ccc(C(=O)/C(=C\C(=O)c2ccc3c(c2)C(F)(F)OC(F)(F)O3)c2ccc3c(c2)CCCC3)cc1. The van der Waals surface area contributed by atoms with Gasteiger partial charge in [0.1, 0.15) is 5.75 Å². The summed E-state index contributed by atoms with van der Waals surface area (Å²) >= 11 is 0. The highest BCUT2D eigenvalue weighted by Gasteiger charge is 2.54. The Kier molecular flexibility index (Phi) is 8.38. The predicted molar refractivity (Wildman–Crippen MR) is 148 cm³/mol. The molecule has 0 aromatic heterocycles. The van der Waals surface area contributed by atoms with Crippen molar-refractivity contribution in [2.24, 2.45) is 0 Å². The zero-order valence-corrected chi connectivity index (χ0v) is 23.0. The van der Waals surface area contributed by atoms with Crippen molar-refractivity contribution >= 4 is 29.0 Å². The van der Waals surface area contributed by atoms with E-state index in [0.717, 1.165) is 55.0 Å². The Bertz CT molecular complexity index is 1680. The fourth-order valence-corrected chi connectivity index (χ4v) is 5.06. The average Bonchev–Trinajstić information content (AvgIpc) is 2.98. The van der Waals surface area contributed by atoms with Crippen LogP contribution < -0.4 is 10.1 Å². The lowest BCUT2D eigenvalue weighted by Gasteiger charge is -2.30. The third-order valence-corrected chi connectivity index (χ3v) is 7.27. The number of allylic oxidation sites excluding steroid dienone is 2. The maximum Gasteiger partial charge on any atom is 0.540 e. The minimum atomic E-state index is -4.57. The molecule has 0 unspecified atom stereocenters. The lowest BCUT2D eigenvalue weighted by atomic mass is 9.87. The van der Waals surface area contributed by atoms with Crippen LogP contribution in [-0.2, 0) is 28.5 Å². The topological polar surface area (TPSA) is 119 Å². The first-order valence-electron chi connectivity index (χ1n) is 13.7. The van der Waals surface area contributed by atoms with Crippen LogP contribution in [0.1, 0.15) is 72.6 Å². The standard InChI is InChI=1S/C32H25F4NO7/c33-31(34)25-16-23(11-12-27(25)43-32(35,36)44-31)26(38)17-24(22-10-5-18-3-1-2-4-21(18)15-22)29(41)19-6-8-20(9-7-19)30(42)37-14-13-28(39)40/h5-12,15-17H,1-4,13-14H2,(H,37,42)(H,39,40)/b24-17-. The number of halogens is 4. The zero-order valence-electron chi connectivity index (χ0n) is 23.0. The molecule has 44 heavy (non-hydrogen) atoms. The third-order valence-electron chi connectivity index (χ3n) is 7.27. The summed E-state index contributed by atoms with van der Waals surface area (Å²) in [6, 6.07) is 13.4. The van der Waals surface area contributed by atoms with Crippen molar-refractivity contribution in [3.63, 3.8) is 0 Å². The summed E-state index contributed by atoms with van der Waals surface area (Å²) in [7, 11) is 0. The molecule has 3 aromatic carbocycles. The second-order valence-electron chi connectivity index (χ2n) is 10.3. The van der Waals surface area contributed by atoms with E-state index in [4.69, 9.17) is 5.11 Å². The number of benzene rings is 3. The number of aliphatic carboxylic acids is 1. The molecule has 8 nitrogen and oxygen atoms in total. The normalized spacial score (nSPS) is 16.6. The van der Waals surface area contributed by atoms with Crippen molar-refractivity contribution in [1.29, 1.82) is 0 Å². The van der Waals surface area contributed by atoms with Crippen LogP contribution in [0.4, 0.5) is 17.6 Å².